The van der Waals surface area contributed by atoms with Crippen molar-refractivity contribution in [3.8, 4) is 17.2 Å². The zero-order valence-corrected chi connectivity index (χ0v) is 20.6. The summed E-state index contributed by atoms with van der Waals surface area (Å²) in [6.07, 6.45) is 1.69. The van der Waals surface area contributed by atoms with E-state index < -0.39 is 17.7 Å². The van der Waals surface area contributed by atoms with E-state index in [-0.39, 0.29) is 18.1 Å². The lowest BCUT2D eigenvalue weighted by Crippen LogP contribution is -2.22. The minimum Gasteiger partial charge on any atom is -0.497 e. The molecular weight excluding hydrogens is 476 g/mol. The third kappa shape index (κ3) is 5.72. The highest BCUT2D eigenvalue weighted by atomic mass is 16.6. The van der Waals surface area contributed by atoms with E-state index in [1.165, 1.54) is 26.4 Å². The summed E-state index contributed by atoms with van der Waals surface area (Å²) in [5, 5.41) is 3.29. The number of ketones is 1. The molecule has 0 unspecified atom stereocenters. The van der Waals surface area contributed by atoms with Gasteiger partial charge in [0.25, 0.3) is 11.7 Å². The standard InChI is InChI=1S/C28H26N2O7/c1-34-20-8-6-7-18(13-20)15-30-16-22(21-9-4-5-10-23(21)30)27(32)28(33)29-19-11-12-24(25(14-19)35-2)37-17-26(31)36-3/h4-14,16H,15,17H2,1-3H3,(H,29,33). The number of nitrogens with zero attached hydrogens (tertiary/aromatic N) is 1. The normalized spacial score (nSPS) is 10.6. The molecule has 0 radical (unpaired) electrons. The molecule has 0 aliphatic rings. The molecule has 4 rings (SSSR count). The maximum absolute atomic E-state index is 13.2. The van der Waals surface area contributed by atoms with E-state index in [1.807, 2.05) is 53.1 Å². The largest absolute Gasteiger partial charge is 0.497 e. The van der Waals surface area contributed by atoms with Crippen molar-refractivity contribution in [1.29, 1.82) is 0 Å². The topological polar surface area (TPSA) is 105 Å². The molecule has 1 heterocycles. The number of Topliss-reactive ketones (excluding diaryl/α,β-unsaturated/α-hetero) is 1. The van der Waals surface area contributed by atoms with Crippen molar-refractivity contribution in [2.45, 2.75) is 6.54 Å². The fourth-order valence-corrected chi connectivity index (χ4v) is 3.90. The Morgan fingerprint density at radius 3 is 2.43 bits per heavy atom. The van der Waals surface area contributed by atoms with Crippen LogP contribution in [0.5, 0.6) is 17.2 Å². The van der Waals surface area contributed by atoms with Crippen LogP contribution >= 0.6 is 0 Å². The number of carbonyl (C=O) groups is 3. The van der Waals surface area contributed by atoms with Crippen molar-refractivity contribution in [1.82, 2.24) is 4.57 Å². The number of aromatic nitrogens is 1. The number of benzene rings is 3. The third-order valence-corrected chi connectivity index (χ3v) is 5.72. The molecule has 190 valence electrons. The van der Waals surface area contributed by atoms with E-state index in [0.29, 0.717) is 23.2 Å². The summed E-state index contributed by atoms with van der Waals surface area (Å²) >= 11 is 0. The van der Waals surface area contributed by atoms with Gasteiger partial charge in [-0.2, -0.15) is 0 Å². The van der Waals surface area contributed by atoms with Crippen LogP contribution in [0.1, 0.15) is 15.9 Å². The fraction of sp³-hybridized carbons (Fsp3) is 0.179. The number of nitrogens with one attached hydrogen (secondary N) is 1. The van der Waals surface area contributed by atoms with Crippen LogP contribution in [0.2, 0.25) is 0 Å². The summed E-state index contributed by atoms with van der Waals surface area (Å²) in [5.41, 5.74) is 2.45. The predicted octanol–water partition coefficient (Wildman–Crippen LogP) is 4.08. The lowest BCUT2D eigenvalue weighted by molar-refractivity contribution is -0.142. The maximum atomic E-state index is 13.2. The number of fused-ring (bicyclic) bond motifs is 1. The summed E-state index contributed by atoms with van der Waals surface area (Å²) in [7, 11) is 4.29. The molecule has 0 aliphatic carbocycles. The quantitative estimate of drug-likeness (QED) is 0.198. The molecule has 9 nitrogen and oxygen atoms in total. The second-order valence-electron chi connectivity index (χ2n) is 8.05. The number of para-hydroxylation sites is 1. The Kier molecular flexibility index (Phi) is 7.73. The summed E-state index contributed by atoms with van der Waals surface area (Å²) in [5.74, 6) is -0.709. The molecule has 0 spiro atoms. The van der Waals surface area contributed by atoms with Gasteiger partial charge in [-0.25, -0.2) is 4.79 Å². The van der Waals surface area contributed by atoms with Crippen LogP contribution in [0, 0.1) is 0 Å². The highest BCUT2D eigenvalue weighted by Gasteiger charge is 2.22. The van der Waals surface area contributed by atoms with Crippen LogP contribution < -0.4 is 19.5 Å². The molecule has 0 bridgehead atoms. The van der Waals surface area contributed by atoms with Crippen molar-refractivity contribution in [2.75, 3.05) is 33.3 Å². The van der Waals surface area contributed by atoms with Gasteiger partial charge in [0.1, 0.15) is 5.75 Å². The number of methoxy groups -OCH3 is 3. The van der Waals surface area contributed by atoms with E-state index in [0.717, 1.165) is 16.8 Å². The first kappa shape index (κ1) is 25.3. The minimum atomic E-state index is -0.797. The highest BCUT2D eigenvalue weighted by molar-refractivity contribution is 6.48. The van der Waals surface area contributed by atoms with Crippen LogP contribution in [0.15, 0.2) is 72.9 Å². The zero-order valence-electron chi connectivity index (χ0n) is 20.6. The maximum Gasteiger partial charge on any atom is 0.343 e. The molecule has 0 atom stereocenters. The Bertz CT molecular complexity index is 1460. The van der Waals surface area contributed by atoms with E-state index in [4.69, 9.17) is 14.2 Å². The van der Waals surface area contributed by atoms with Crippen molar-refractivity contribution >= 4 is 34.3 Å². The van der Waals surface area contributed by atoms with E-state index in [2.05, 4.69) is 10.1 Å². The van der Waals surface area contributed by atoms with Gasteiger partial charge in [-0.1, -0.05) is 30.3 Å². The van der Waals surface area contributed by atoms with Crippen molar-refractivity contribution < 1.29 is 33.3 Å². The Morgan fingerprint density at radius 1 is 0.865 bits per heavy atom. The van der Waals surface area contributed by atoms with Crippen LogP contribution in [0.25, 0.3) is 10.9 Å². The van der Waals surface area contributed by atoms with Gasteiger partial charge in [0.2, 0.25) is 0 Å². The van der Waals surface area contributed by atoms with Gasteiger partial charge in [-0.3, -0.25) is 9.59 Å². The van der Waals surface area contributed by atoms with E-state index >= 15 is 0 Å². The number of anilines is 1. The number of carbonyl (C=O) groups excluding carboxylic acids is 3. The summed E-state index contributed by atoms with van der Waals surface area (Å²) in [6.45, 7) is 0.202. The number of hydrogen-bond acceptors (Lipinski definition) is 7. The van der Waals surface area contributed by atoms with Crippen LogP contribution in [0.3, 0.4) is 0 Å². The van der Waals surface area contributed by atoms with Crippen LogP contribution in [-0.2, 0) is 20.9 Å². The Hall–Kier alpha value is -4.79. The average molecular weight is 503 g/mol. The van der Waals surface area contributed by atoms with E-state index in [1.54, 1.807) is 19.4 Å². The first-order valence-electron chi connectivity index (χ1n) is 11.4. The SMILES string of the molecule is COC(=O)COc1ccc(NC(=O)C(=O)c2cn(Cc3cccc(OC)c3)c3ccccc23)cc1OC. The van der Waals surface area contributed by atoms with Crippen molar-refractivity contribution in [2.24, 2.45) is 0 Å². The zero-order chi connectivity index (χ0) is 26.4. The summed E-state index contributed by atoms with van der Waals surface area (Å²) in [4.78, 5) is 37.5. The molecule has 37 heavy (non-hydrogen) atoms. The fourth-order valence-electron chi connectivity index (χ4n) is 3.90. The van der Waals surface area contributed by atoms with Crippen molar-refractivity contribution in [3.05, 3.63) is 84.1 Å². The predicted molar refractivity (Wildman–Crippen MR) is 137 cm³/mol. The lowest BCUT2D eigenvalue weighted by Gasteiger charge is -2.12. The molecule has 9 heteroatoms. The van der Waals surface area contributed by atoms with Gasteiger partial charge in [0.05, 0.1) is 26.9 Å². The molecule has 0 saturated carbocycles. The number of esters is 1. The smallest absolute Gasteiger partial charge is 0.343 e. The van der Waals surface area contributed by atoms with Crippen LogP contribution in [-0.4, -0.2) is 50.2 Å². The van der Waals surface area contributed by atoms with Gasteiger partial charge >= 0.3 is 5.97 Å². The number of hydrogen-bond donors (Lipinski definition) is 1. The monoisotopic (exact) mass is 502 g/mol. The number of ether oxygens (including phenoxy) is 4. The summed E-state index contributed by atoms with van der Waals surface area (Å²) in [6, 6.07) is 19.7. The van der Waals surface area contributed by atoms with Gasteiger partial charge in [0.15, 0.2) is 18.1 Å². The average Bonchev–Trinajstić information content (AvgIpc) is 3.29. The van der Waals surface area contributed by atoms with E-state index in [9.17, 15) is 14.4 Å². The molecule has 4 aromatic rings. The Balaban J connectivity index is 1.55. The molecule has 1 N–H and O–H groups in total. The number of amides is 1. The lowest BCUT2D eigenvalue weighted by atomic mass is 10.1. The molecule has 0 saturated heterocycles. The molecule has 1 aromatic heterocycles. The second-order valence-corrected chi connectivity index (χ2v) is 8.05. The summed E-state index contributed by atoms with van der Waals surface area (Å²) < 4.78 is 22.5. The minimum absolute atomic E-state index is 0.282. The van der Waals surface area contributed by atoms with Gasteiger partial charge in [-0.05, 0) is 35.9 Å². The second kappa shape index (κ2) is 11.3. The van der Waals surface area contributed by atoms with Gasteiger partial charge in [-0.15, -0.1) is 0 Å². The molecular formula is C28H26N2O7. The molecule has 0 aliphatic heterocycles. The number of rotatable bonds is 10. The first-order valence-corrected chi connectivity index (χ1v) is 11.4. The Morgan fingerprint density at radius 2 is 1.68 bits per heavy atom. The highest BCUT2D eigenvalue weighted by Crippen LogP contribution is 2.31. The Labute approximate surface area is 213 Å². The third-order valence-electron chi connectivity index (χ3n) is 5.72. The molecule has 0 fully saturated rings. The van der Waals surface area contributed by atoms with Gasteiger partial charge < -0.3 is 28.8 Å². The van der Waals surface area contributed by atoms with Gasteiger partial charge in [0, 0.05) is 35.4 Å². The first-order chi connectivity index (χ1) is 17.9. The van der Waals surface area contributed by atoms with Crippen molar-refractivity contribution in [3.63, 3.8) is 0 Å². The molecule has 3 aromatic carbocycles. The molecule has 1 amide bonds. The van der Waals surface area contributed by atoms with Crippen LogP contribution in [0.4, 0.5) is 5.69 Å².